The number of aliphatic hydroxyl groups excluding tert-OH is 1. The van der Waals surface area contributed by atoms with E-state index in [2.05, 4.69) is 17.2 Å². The molecule has 114 valence electrons. The summed E-state index contributed by atoms with van der Waals surface area (Å²) in [5, 5.41) is 19.5. The first-order valence-electron chi connectivity index (χ1n) is 7.45. The van der Waals surface area contributed by atoms with E-state index in [0.717, 1.165) is 41.5 Å². The highest BCUT2D eigenvalue weighted by Crippen LogP contribution is 2.26. The van der Waals surface area contributed by atoms with Gasteiger partial charge >= 0.3 is 0 Å². The van der Waals surface area contributed by atoms with Crippen molar-refractivity contribution in [2.24, 2.45) is 0 Å². The van der Waals surface area contributed by atoms with Gasteiger partial charge in [-0.1, -0.05) is 48.4 Å². The summed E-state index contributed by atoms with van der Waals surface area (Å²) in [7, 11) is 0. The molecule has 0 saturated heterocycles. The number of unbranched alkanes of at least 4 members (excludes halogenated alkanes) is 1. The molecular weight excluding hydrogens is 298 g/mol. The number of fused-ring (bicyclic) bond motifs is 1. The molecule has 1 aromatic heterocycles. The summed E-state index contributed by atoms with van der Waals surface area (Å²) in [4.78, 5) is 0. The first-order valence-corrected chi connectivity index (χ1v) is 7.83. The maximum Gasteiger partial charge on any atom is 0.113 e. The van der Waals surface area contributed by atoms with Crippen LogP contribution < -0.4 is 0 Å². The highest BCUT2D eigenvalue weighted by Gasteiger charge is 2.13. The number of aromatic nitrogens is 3. The Morgan fingerprint density at radius 2 is 2.00 bits per heavy atom. The molecule has 0 saturated carbocycles. The monoisotopic (exact) mass is 315 g/mol. The predicted octanol–water partition coefficient (Wildman–Crippen LogP) is 3.97. The molecule has 4 nitrogen and oxygen atoms in total. The van der Waals surface area contributed by atoms with Crippen LogP contribution >= 0.6 is 11.6 Å². The fraction of sp³-hybridized carbons (Fsp3) is 0.294. The second-order valence-electron chi connectivity index (χ2n) is 5.37. The fourth-order valence-electron chi connectivity index (χ4n) is 2.49. The van der Waals surface area contributed by atoms with Gasteiger partial charge in [0, 0.05) is 11.6 Å². The molecule has 0 aliphatic rings. The number of benzene rings is 2. The van der Waals surface area contributed by atoms with E-state index in [1.54, 1.807) is 12.1 Å². The lowest BCUT2D eigenvalue weighted by Gasteiger charge is -2.12. The Kier molecular flexibility index (Phi) is 4.41. The zero-order valence-corrected chi connectivity index (χ0v) is 13.2. The van der Waals surface area contributed by atoms with Crippen LogP contribution in [0.2, 0.25) is 5.02 Å². The van der Waals surface area contributed by atoms with E-state index in [1.165, 1.54) is 0 Å². The Bertz CT molecular complexity index is 784. The second-order valence-corrected chi connectivity index (χ2v) is 5.81. The highest BCUT2D eigenvalue weighted by atomic mass is 35.5. The zero-order valence-electron chi connectivity index (χ0n) is 12.4. The number of aliphatic hydroxyl groups is 1. The van der Waals surface area contributed by atoms with Gasteiger partial charge in [-0.25, -0.2) is 4.68 Å². The van der Waals surface area contributed by atoms with Crippen molar-refractivity contribution in [3.05, 3.63) is 58.6 Å². The molecular formula is C17H18ClN3O. The van der Waals surface area contributed by atoms with E-state index in [9.17, 15) is 5.11 Å². The first kappa shape index (κ1) is 15.0. The summed E-state index contributed by atoms with van der Waals surface area (Å²) in [5.74, 6) is 0. The Morgan fingerprint density at radius 1 is 1.18 bits per heavy atom. The minimum absolute atomic E-state index is 0.618. The largest absolute Gasteiger partial charge is 0.384 e. The maximum atomic E-state index is 10.6. The molecule has 1 atom stereocenters. The third-order valence-electron chi connectivity index (χ3n) is 3.74. The summed E-state index contributed by atoms with van der Waals surface area (Å²) in [6.45, 7) is 2.98. The van der Waals surface area contributed by atoms with Crippen LogP contribution in [-0.2, 0) is 6.54 Å². The molecule has 0 amide bonds. The van der Waals surface area contributed by atoms with Gasteiger partial charge in [0.05, 0.1) is 5.52 Å². The summed E-state index contributed by atoms with van der Waals surface area (Å²) in [6, 6.07) is 13.0. The van der Waals surface area contributed by atoms with Gasteiger partial charge in [0.15, 0.2) is 0 Å². The first-order chi connectivity index (χ1) is 10.7. The number of hydrogen-bond acceptors (Lipinski definition) is 3. The summed E-state index contributed by atoms with van der Waals surface area (Å²) in [5.41, 5.74) is 3.39. The molecule has 1 N–H and O–H groups in total. The molecule has 0 radical (unpaired) electrons. The number of nitrogens with zero attached hydrogens (tertiary/aromatic N) is 3. The van der Waals surface area contributed by atoms with Crippen molar-refractivity contribution >= 4 is 22.6 Å². The van der Waals surface area contributed by atoms with Gasteiger partial charge in [0.2, 0.25) is 0 Å². The number of hydrogen-bond donors (Lipinski definition) is 1. The summed E-state index contributed by atoms with van der Waals surface area (Å²) >= 11 is 6.00. The van der Waals surface area contributed by atoms with E-state index in [0.29, 0.717) is 5.02 Å². The Labute approximate surface area is 134 Å². The van der Waals surface area contributed by atoms with Crippen LogP contribution in [0.25, 0.3) is 11.0 Å². The third kappa shape index (κ3) is 2.98. The lowest BCUT2D eigenvalue weighted by atomic mass is 10.0. The van der Waals surface area contributed by atoms with E-state index >= 15 is 0 Å². The average Bonchev–Trinajstić information content (AvgIpc) is 2.94. The third-order valence-corrected chi connectivity index (χ3v) is 3.98. The van der Waals surface area contributed by atoms with E-state index in [-0.39, 0.29) is 0 Å². The van der Waals surface area contributed by atoms with Gasteiger partial charge < -0.3 is 5.11 Å². The zero-order chi connectivity index (χ0) is 15.5. The smallest absolute Gasteiger partial charge is 0.113 e. The van der Waals surface area contributed by atoms with Gasteiger partial charge in [-0.3, -0.25) is 0 Å². The normalized spacial score (nSPS) is 12.7. The molecule has 0 spiro atoms. The Morgan fingerprint density at radius 3 is 2.77 bits per heavy atom. The minimum Gasteiger partial charge on any atom is -0.384 e. The van der Waals surface area contributed by atoms with E-state index in [1.807, 2.05) is 35.0 Å². The highest BCUT2D eigenvalue weighted by molar-refractivity contribution is 6.30. The number of rotatable bonds is 5. The lowest BCUT2D eigenvalue weighted by Crippen LogP contribution is -2.02. The van der Waals surface area contributed by atoms with Gasteiger partial charge in [-0.15, -0.1) is 5.10 Å². The molecule has 0 aliphatic carbocycles. The van der Waals surface area contributed by atoms with Crippen LogP contribution in [0, 0.1) is 0 Å². The van der Waals surface area contributed by atoms with Crippen LogP contribution in [0.5, 0.6) is 0 Å². The van der Waals surface area contributed by atoms with Crippen molar-refractivity contribution in [2.45, 2.75) is 32.4 Å². The molecule has 3 aromatic rings. The molecule has 0 bridgehead atoms. The predicted molar refractivity (Wildman–Crippen MR) is 87.9 cm³/mol. The van der Waals surface area contributed by atoms with Crippen LogP contribution in [-0.4, -0.2) is 20.1 Å². The summed E-state index contributed by atoms with van der Waals surface area (Å²) < 4.78 is 1.90. The van der Waals surface area contributed by atoms with E-state index in [4.69, 9.17) is 11.6 Å². The number of halogens is 1. The molecule has 22 heavy (non-hydrogen) atoms. The minimum atomic E-state index is -0.711. The van der Waals surface area contributed by atoms with Crippen LogP contribution in [0.1, 0.15) is 37.0 Å². The maximum absolute atomic E-state index is 10.6. The topological polar surface area (TPSA) is 50.9 Å². The van der Waals surface area contributed by atoms with Crippen LogP contribution in [0.3, 0.4) is 0 Å². The summed E-state index contributed by atoms with van der Waals surface area (Å²) in [6.07, 6.45) is 1.45. The van der Waals surface area contributed by atoms with Crippen molar-refractivity contribution in [2.75, 3.05) is 0 Å². The van der Waals surface area contributed by atoms with Crippen molar-refractivity contribution in [3.63, 3.8) is 0 Å². The van der Waals surface area contributed by atoms with Crippen molar-refractivity contribution < 1.29 is 5.11 Å². The molecule has 5 heteroatoms. The van der Waals surface area contributed by atoms with Crippen LogP contribution in [0.15, 0.2) is 42.5 Å². The van der Waals surface area contributed by atoms with Crippen molar-refractivity contribution in [1.29, 1.82) is 0 Å². The molecule has 2 aromatic carbocycles. The number of aryl methyl sites for hydroxylation is 1. The molecule has 1 heterocycles. The SMILES string of the molecule is CCCCn1nnc2ccc(C(O)c3cccc(Cl)c3)cc21. The lowest BCUT2D eigenvalue weighted by molar-refractivity contribution is 0.220. The standard InChI is InChI=1S/C17H18ClN3O/c1-2-3-9-21-16-11-13(7-8-15(16)19-20-21)17(22)12-5-4-6-14(18)10-12/h4-8,10-11,17,22H,2-3,9H2,1H3. The van der Waals surface area contributed by atoms with Crippen molar-refractivity contribution in [1.82, 2.24) is 15.0 Å². The molecule has 0 fully saturated rings. The van der Waals surface area contributed by atoms with Gasteiger partial charge in [0.1, 0.15) is 11.6 Å². The van der Waals surface area contributed by atoms with E-state index < -0.39 is 6.10 Å². The van der Waals surface area contributed by atoms with Gasteiger partial charge in [0.25, 0.3) is 0 Å². The second kappa shape index (κ2) is 6.46. The quantitative estimate of drug-likeness (QED) is 0.775. The van der Waals surface area contributed by atoms with Crippen LogP contribution in [0.4, 0.5) is 0 Å². The molecule has 1 unspecified atom stereocenters. The Balaban J connectivity index is 1.96. The van der Waals surface area contributed by atoms with Crippen molar-refractivity contribution in [3.8, 4) is 0 Å². The molecule has 0 aliphatic heterocycles. The average molecular weight is 316 g/mol. The molecule has 3 rings (SSSR count). The van der Waals surface area contributed by atoms with Gasteiger partial charge in [-0.05, 0) is 41.8 Å². The fourth-order valence-corrected chi connectivity index (χ4v) is 2.69. The Hall–Kier alpha value is -1.91. The van der Waals surface area contributed by atoms with Gasteiger partial charge in [-0.2, -0.15) is 0 Å².